The van der Waals surface area contributed by atoms with Crippen LogP contribution >= 0.6 is 11.8 Å². The molecule has 0 aliphatic rings. The molecule has 0 radical (unpaired) electrons. The maximum Gasteiger partial charge on any atom is 0.447 e. The SMILES string of the molecule is C=Cn1c(C(=C)NC)nc(C#CC)c1SC(F)(F)F. The average molecular weight is 287 g/mol. The van der Waals surface area contributed by atoms with E-state index in [9.17, 15) is 13.2 Å². The van der Waals surface area contributed by atoms with Gasteiger partial charge in [-0.3, -0.25) is 4.57 Å². The van der Waals surface area contributed by atoms with Crippen LogP contribution in [0.15, 0.2) is 18.2 Å². The maximum absolute atomic E-state index is 12.6. The molecule has 0 spiro atoms. The Labute approximate surface area is 113 Å². The summed E-state index contributed by atoms with van der Waals surface area (Å²) in [5.41, 5.74) is -3.99. The second-order valence-corrected chi connectivity index (χ2v) is 4.35. The van der Waals surface area contributed by atoms with Crippen LogP contribution in [0.3, 0.4) is 0 Å². The van der Waals surface area contributed by atoms with Crippen LogP contribution in [0.25, 0.3) is 11.9 Å². The topological polar surface area (TPSA) is 29.9 Å². The van der Waals surface area contributed by atoms with E-state index in [0.717, 1.165) is 0 Å². The molecule has 0 bridgehead atoms. The van der Waals surface area contributed by atoms with Crippen molar-refractivity contribution < 1.29 is 13.2 Å². The quantitative estimate of drug-likeness (QED) is 0.681. The Kier molecular flexibility index (Phi) is 4.72. The molecule has 102 valence electrons. The fourth-order valence-electron chi connectivity index (χ4n) is 1.32. The van der Waals surface area contributed by atoms with Gasteiger partial charge in [0, 0.05) is 25.0 Å². The first-order chi connectivity index (χ1) is 8.84. The van der Waals surface area contributed by atoms with Gasteiger partial charge in [0.1, 0.15) is 10.7 Å². The van der Waals surface area contributed by atoms with Gasteiger partial charge in [0.05, 0.1) is 5.70 Å². The van der Waals surface area contributed by atoms with Gasteiger partial charge >= 0.3 is 5.51 Å². The summed E-state index contributed by atoms with van der Waals surface area (Å²) < 4.78 is 38.9. The van der Waals surface area contributed by atoms with Crippen LogP contribution in [0.5, 0.6) is 0 Å². The number of nitrogens with one attached hydrogen (secondary N) is 1. The second-order valence-electron chi connectivity index (χ2n) is 3.29. The average Bonchev–Trinajstić information content (AvgIpc) is 2.65. The van der Waals surface area contributed by atoms with Gasteiger partial charge in [0.25, 0.3) is 0 Å². The summed E-state index contributed by atoms with van der Waals surface area (Å²) in [5, 5.41) is 2.62. The maximum atomic E-state index is 12.6. The van der Waals surface area contributed by atoms with Crippen molar-refractivity contribution in [1.29, 1.82) is 0 Å². The van der Waals surface area contributed by atoms with E-state index < -0.39 is 5.51 Å². The molecule has 0 aromatic carbocycles. The fourth-order valence-corrected chi connectivity index (χ4v) is 1.99. The Morgan fingerprint density at radius 2 is 2.16 bits per heavy atom. The second kappa shape index (κ2) is 5.89. The summed E-state index contributed by atoms with van der Waals surface area (Å²) in [6.45, 7) is 8.71. The van der Waals surface area contributed by atoms with Gasteiger partial charge in [0.2, 0.25) is 0 Å². The Hall–Kier alpha value is -1.81. The van der Waals surface area contributed by atoms with Crippen LogP contribution in [-0.2, 0) is 0 Å². The van der Waals surface area contributed by atoms with Crippen LogP contribution < -0.4 is 5.32 Å². The molecule has 0 saturated heterocycles. The zero-order valence-corrected chi connectivity index (χ0v) is 11.2. The minimum absolute atomic E-state index is 0.0520. The molecule has 3 nitrogen and oxygen atoms in total. The number of thioether (sulfide) groups is 1. The number of imidazole rings is 1. The molecule has 0 unspecified atom stereocenters. The number of aromatic nitrogens is 2. The molecular weight excluding hydrogens is 275 g/mol. The lowest BCUT2D eigenvalue weighted by atomic mass is 10.4. The van der Waals surface area contributed by atoms with E-state index in [4.69, 9.17) is 0 Å². The molecule has 1 aromatic rings. The minimum atomic E-state index is -4.43. The van der Waals surface area contributed by atoms with Crippen molar-refractivity contribution in [3.8, 4) is 11.8 Å². The highest BCUT2D eigenvalue weighted by atomic mass is 32.2. The van der Waals surface area contributed by atoms with E-state index in [-0.39, 0.29) is 28.3 Å². The van der Waals surface area contributed by atoms with E-state index in [1.807, 2.05) is 0 Å². The summed E-state index contributed by atoms with van der Waals surface area (Å²) in [6.07, 6.45) is 1.25. The summed E-state index contributed by atoms with van der Waals surface area (Å²) in [5.74, 6) is 5.35. The van der Waals surface area contributed by atoms with Crippen LogP contribution in [0.2, 0.25) is 0 Å². The first-order valence-electron chi connectivity index (χ1n) is 5.14. The molecule has 1 heterocycles. The Morgan fingerprint density at radius 1 is 1.53 bits per heavy atom. The molecule has 0 aliphatic carbocycles. The highest BCUT2D eigenvalue weighted by molar-refractivity contribution is 8.00. The smallest absolute Gasteiger partial charge is 0.386 e. The lowest BCUT2D eigenvalue weighted by Gasteiger charge is -2.09. The molecule has 0 amide bonds. The zero-order valence-electron chi connectivity index (χ0n) is 10.4. The van der Waals surface area contributed by atoms with E-state index >= 15 is 0 Å². The summed E-state index contributed by atoms with van der Waals surface area (Å²) in [6, 6.07) is 0. The highest BCUT2D eigenvalue weighted by Crippen LogP contribution is 2.39. The molecular formula is C12H12F3N3S. The van der Waals surface area contributed by atoms with Gasteiger partial charge in [0.15, 0.2) is 5.82 Å². The van der Waals surface area contributed by atoms with Crippen molar-refractivity contribution in [2.24, 2.45) is 0 Å². The van der Waals surface area contributed by atoms with Crippen molar-refractivity contribution in [2.45, 2.75) is 17.5 Å². The normalized spacial score (nSPS) is 10.6. The van der Waals surface area contributed by atoms with Gasteiger partial charge in [-0.05, 0) is 12.8 Å². The van der Waals surface area contributed by atoms with Crippen molar-refractivity contribution in [1.82, 2.24) is 14.9 Å². The van der Waals surface area contributed by atoms with Gasteiger partial charge < -0.3 is 5.32 Å². The molecule has 1 N–H and O–H groups in total. The highest BCUT2D eigenvalue weighted by Gasteiger charge is 2.33. The lowest BCUT2D eigenvalue weighted by Crippen LogP contribution is -2.09. The monoisotopic (exact) mass is 287 g/mol. The summed E-state index contributed by atoms with van der Waals surface area (Å²) >= 11 is -0.275. The summed E-state index contributed by atoms with van der Waals surface area (Å²) in [4.78, 5) is 4.06. The van der Waals surface area contributed by atoms with Gasteiger partial charge in [-0.2, -0.15) is 13.2 Å². The Bertz CT molecular complexity index is 561. The van der Waals surface area contributed by atoms with Crippen LogP contribution in [0, 0.1) is 11.8 Å². The number of hydrogen-bond acceptors (Lipinski definition) is 3. The molecule has 0 saturated carbocycles. The van der Waals surface area contributed by atoms with Crippen molar-refractivity contribution in [2.75, 3.05) is 7.05 Å². The summed E-state index contributed by atoms with van der Waals surface area (Å²) in [7, 11) is 1.60. The Morgan fingerprint density at radius 3 is 2.58 bits per heavy atom. The third kappa shape index (κ3) is 3.58. The third-order valence-corrected chi connectivity index (χ3v) is 2.89. The zero-order chi connectivity index (χ0) is 14.6. The molecule has 0 aliphatic heterocycles. The molecule has 7 heteroatoms. The van der Waals surface area contributed by atoms with Crippen LogP contribution in [0.4, 0.5) is 13.2 Å². The number of hydrogen-bond donors (Lipinski definition) is 1. The molecule has 19 heavy (non-hydrogen) atoms. The van der Waals surface area contributed by atoms with E-state index in [2.05, 4.69) is 35.3 Å². The predicted octanol–water partition coefficient (Wildman–Crippen LogP) is 3.16. The number of rotatable bonds is 4. The standard InChI is InChI=1S/C12H12F3N3S/c1-5-7-9-11(19-12(13,14)15)18(6-2)10(17-9)8(3)16-4/h6,16H,2-3H2,1,4H3. The lowest BCUT2D eigenvalue weighted by molar-refractivity contribution is -0.0330. The largest absolute Gasteiger partial charge is 0.447 e. The third-order valence-electron chi connectivity index (χ3n) is 2.08. The van der Waals surface area contributed by atoms with Crippen LogP contribution in [-0.4, -0.2) is 22.1 Å². The van der Waals surface area contributed by atoms with Crippen LogP contribution in [0.1, 0.15) is 18.4 Å². The Balaban J connectivity index is 3.46. The predicted molar refractivity (Wildman–Crippen MR) is 71.2 cm³/mol. The van der Waals surface area contributed by atoms with Crippen molar-refractivity contribution >= 4 is 23.7 Å². The van der Waals surface area contributed by atoms with Gasteiger partial charge in [-0.1, -0.05) is 19.1 Å². The fraction of sp³-hybridized carbons (Fsp3) is 0.250. The van der Waals surface area contributed by atoms with Gasteiger partial charge in [-0.15, -0.1) is 0 Å². The van der Waals surface area contributed by atoms with E-state index in [1.165, 1.54) is 17.7 Å². The van der Waals surface area contributed by atoms with Gasteiger partial charge in [-0.25, -0.2) is 4.98 Å². The first-order valence-corrected chi connectivity index (χ1v) is 5.96. The number of nitrogens with zero attached hydrogens (tertiary/aromatic N) is 2. The van der Waals surface area contributed by atoms with E-state index in [0.29, 0.717) is 5.70 Å². The first kappa shape index (κ1) is 15.2. The molecule has 1 rings (SSSR count). The van der Waals surface area contributed by atoms with E-state index in [1.54, 1.807) is 7.05 Å². The number of halogens is 3. The number of alkyl halides is 3. The van der Waals surface area contributed by atoms with Crippen molar-refractivity contribution in [3.63, 3.8) is 0 Å². The minimum Gasteiger partial charge on any atom is -0.386 e. The van der Waals surface area contributed by atoms with Crippen molar-refractivity contribution in [3.05, 3.63) is 24.7 Å². The molecule has 0 fully saturated rings. The molecule has 0 atom stereocenters. The molecule has 1 aromatic heterocycles.